The first-order chi connectivity index (χ1) is 12.3. The van der Waals surface area contributed by atoms with Crippen LogP contribution in [0.4, 0.5) is 0 Å². The van der Waals surface area contributed by atoms with Crippen LogP contribution in [0.2, 0.25) is 0 Å². The van der Waals surface area contributed by atoms with Crippen LogP contribution in [0, 0.1) is 0 Å². The van der Waals surface area contributed by atoms with E-state index in [1.54, 1.807) is 20.3 Å². The predicted octanol–water partition coefficient (Wildman–Crippen LogP) is 2.80. The Labute approximate surface area is 156 Å². The van der Waals surface area contributed by atoms with Crippen molar-refractivity contribution < 1.29 is 22.7 Å². The van der Waals surface area contributed by atoms with E-state index in [9.17, 15) is 13.2 Å². The van der Waals surface area contributed by atoms with E-state index < -0.39 is 9.84 Å². The van der Waals surface area contributed by atoms with E-state index >= 15 is 0 Å². The normalized spacial score (nSPS) is 15.5. The molecule has 1 aromatic carbocycles. The fourth-order valence-electron chi connectivity index (χ4n) is 3.40. The molecule has 1 aromatic rings. The van der Waals surface area contributed by atoms with E-state index in [2.05, 4.69) is 0 Å². The minimum absolute atomic E-state index is 0.0216. The SMILES string of the molecule is COc1ccc(CN(C(=O)CCS(C)(=O)=O)C2CCCCC2)c(OC)c1. The number of amides is 1. The number of nitrogens with zero attached hydrogens (tertiary/aromatic N) is 1. The van der Waals surface area contributed by atoms with E-state index in [1.165, 1.54) is 6.42 Å². The number of carbonyl (C=O) groups is 1. The van der Waals surface area contributed by atoms with Crippen LogP contribution in [0.5, 0.6) is 11.5 Å². The zero-order valence-corrected chi connectivity index (χ0v) is 16.7. The highest BCUT2D eigenvalue weighted by atomic mass is 32.2. The van der Waals surface area contributed by atoms with Crippen LogP contribution in [-0.2, 0) is 21.2 Å². The quantitative estimate of drug-likeness (QED) is 0.690. The number of hydrogen-bond donors (Lipinski definition) is 0. The van der Waals surface area contributed by atoms with Gasteiger partial charge in [-0.3, -0.25) is 4.79 Å². The third kappa shape index (κ3) is 5.90. The van der Waals surface area contributed by atoms with Crippen molar-refractivity contribution in [1.29, 1.82) is 0 Å². The Morgan fingerprint density at radius 3 is 2.42 bits per heavy atom. The van der Waals surface area contributed by atoms with Gasteiger partial charge in [0.05, 0.1) is 20.0 Å². The first-order valence-corrected chi connectivity index (χ1v) is 11.1. The number of rotatable bonds is 8. The van der Waals surface area contributed by atoms with Crippen molar-refractivity contribution in [3.8, 4) is 11.5 Å². The zero-order valence-electron chi connectivity index (χ0n) is 15.9. The number of methoxy groups -OCH3 is 2. The van der Waals surface area contributed by atoms with Gasteiger partial charge in [0.1, 0.15) is 21.3 Å². The second-order valence-corrected chi connectivity index (χ2v) is 9.13. The topological polar surface area (TPSA) is 72.9 Å². The molecular weight excluding hydrogens is 354 g/mol. The Morgan fingerprint density at radius 2 is 1.85 bits per heavy atom. The first kappa shape index (κ1) is 20.6. The molecule has 6 nitrogen and oxygen atoms in total. The predicted molar refractivity (Wildman–Crippen MR) is 101 cm³/mol. The van der Waals surface area contributed by atoms with Crippen molar-refractivity contribution >= 4 is 15.7 Å². The van der Waals surface area contributed by atoms with Gasteiger partial charge in [-0.25, -0.2) is 8.42 Å². The summed E-state index contributed by atoms with van der Waals surface area (Å²) in [7, 11) is 0.0199. The molecule has 26 heavy (non-hydrogen) atoms. The van der Waals surface area contributed by atoms with Gasteiger partial charge in [0.2, 0.25) is 5.91 Å². The summed E-state index contributed by atoms with van der Waals surface area (Å²) >= 11 is 0. The molecule has 0 N–H and O–H groups in total. The van der Waals surface area contributed by atoms with Crippen LogP contribution in [0.25, 0.3) is 0 Å². The van der Waals surface area contributed by atoms with Crippen molar-refractivity contribution in [2.45, 2.75) is 51.1 Å². The van der Waals surface area contributed by atoms with Crippen molar-refractivity contribution in [2.75, 3.05) is 26.2 Å². The van der Waals surface area contributed by atoms with Crippen LogP contribution < -0.4 is 9.47 Å². The third-order valence-corrected chi connectivity index (χ3v) is 5.80. The molecule has 146 valence electrons. The number of carbonyl (C=O) groups excluding carboxylic acids is 1. The summed E-state index contributed by atoms with van der Waals surface area (Å²) in [4.78, 5) is 14.7. The second kappa shape index (κ2) is 9.26. The molecular formula is C19H29NO5S. The molecule has 1 aliphatic carbocycles. The number of ether oxygens (including phenoxy) is 2. The van der Waals surface area contributed by atoms with Crippen molar-refractivity contribution in [3.63, 3.8) is 0 Å². The van der Waals surface area contributed by atoms with Gasteiger partial charge in [-0.1, -0.05) is 19.3 Å². The lowest BCUT2D eigenvalue weighted by Gasteiger charge is -2.35. The Kier molecular flexibility index (Phi) is 7.32. The molecule has 0 aromatic heterocycles. The van der Waals surface area contributed by atoms with E-state index in [4.69, 9.17) is 9.47 Å². The molecule has 1 saturated carbocycles. The highest BCUT2D eigenvalue weighted by Crippen LogP contribution is 2.29. The minimum Gasteiger partial charge on any atom is -0.497 e. The summed E-state index contributed by atoms with van der Waals surface area (Å²) in [5.74, 6) is 1.13. The molecule has 0 atom stereocenters. The smallest absolute Gasteiger partial charge is 0.224 e. The molecule has 1 aliphatic rings. The van der Waals surface area contributed by atoms with Gasteiger partial charge in [-0.05, 0) is 25.0 Å². The van der Waals surface area contributed by atoms with Crippen LogP contribution in [-0.4, -0.2) is 51.5 Å². The highest BCUT2D eigenvalue weighted by Gasteiger charge is 2.27. The number of hydrogen-bond acceptors (Lipinski definition) is 5. The maximum atomic E-state index is 12.8. The van der Waals surface area contributed by atoms with Gasteiger partial charge in [-0.15, -0.1) is 0 Å². The number of benzene rings is 1. The average Bonchev–Trinajstić information content (AvgIpc) is 2.64. The molecule has 0 spiro atoms. The molecule has 0 heterocycles. The van der Waals surface area contributed by atoms with Gasteiger partial charge in [0.25, 0.3) is 0 Å². The van der Waals surface area contributed by atoms with Crippen LogP contribution >= 0.6 is 0 Å². The van der Waals surface area contributed by atoms with Gasteiger partial charge in [0, 0.05) is 36.9 Å². The number of sulfone groups is 1. The van der Waals surface area contributed by atoms with Gasteiger partial charge >= 0.3 is 0 Å². The standard InChI is InChI=1S/C19H29NO5S/c1-24-17-10-9-15(18(13-17)25-2)14-20(16-7-5-4-6-8-16)19(21)11-12-26(3,22)23/h9-10,13,16H,4-8,11-12,14H2,1-3H3. The van der Waals surface area contributed by atoms with Gasteiger partial charge in [-0.2, -0.15) is 0 Å². The minimum atomic E-state index is -3.17. The van der Waals surface area contributed by atoms with Crippen molar-refractivity contribution in [2.24, 2.45) is 0 Å². The summed E-state index contributed by atoms with van der Waals surface area (Å²) in [6.07, 6.45) is 6.49. The maximum Gasteiger partial charge on any atom is 0.224 e. The molecule has 1 fully saturated rings. The summed E-state index contributed by atoms with van der Waals surface area (Å²) in [5.41, 5.74) is 0.895. The fraction of sp³-hybridized carbons (Fsp3) is 0.632. The van der Waals surface area contributed by atoms with Crippen molar-refractivity contribution in [3.05, 3.63) is 23.8 Å². The van der Waals surface area contributed by atoms with Crippen LogP contribution in [0.15, 0.2) is 18.2 Å². The molecule has 1 amide bonds. The fourth-order valence-corrected chi connectivity index (χ4v) is 3.94. The monoisotopic (exact) mass is 383 g/mol. The Bertz CT molecular complexity index is 711. The van der Waals surface area contributed by atoms with Gasteiger partial charge < -0.3 is 14.4 Å². The van der Waals surface area contributed by atoms with E-state index in [1.807, 2.05) is 17.0 Å². The van der Waals surface area contributed by atoms with E-state index in [0.29, 0.717) is 18.0 Å². The first-order valence-electron chi connectivity index (χ1n) is 9.02. The third-order valence-electron chi connectivity index (χ3n) is 4.86. The summed E-state index contributed by atoms with van der Waals surface area (Å²) in [5, 5.41) is 0. The zero-order chi connectivity index (χ0) is 19.2. The molecule has 0 unspecified atom stereocenters. The summed E-state index contributed by atoms with van der Waals surface area (Å²) in [6.45, 7) is 0.417. The lowest BCUT2D eigenvalue weighted by atomic mass is 9.93. The largest absolute Gasteiger partial charge is 0.497 e. The van der Waals surface area contributed by atoms with Crippen LogP contribution in [0.3, 0.4) is 0 Å². The molecule has 0 bridgehead atoms. The van der Waals surface area contributed by atoms with E-state index in [-0.39, 0.29) is 24.1 Å². The Hall–Kier alpha value is -1.76. The summed E-state index contributed by atoms with van der Waals surface area (Å²) < 4.78 is 33.6. The molecule has 0 saturated heterocycles. The lowest BCUT2D eigenvalue weighted by Crippen LogP contribution is -2.41. The maximum absolute atomic E-state index is 12.8. The highest BCUT2D eigenvalue weighted by molar-refractivity contribution is 7.90. The second-order valence-electron chi connectivity index (χ2n) is 6.87. The average molecular weight is 384 g/mol. The summed E-state index contributed by atoms with van der Waals surface area (Å²) in [6, 6.07) is 5.70. The molecule has 7 heteroatoms. The Balaban J connectivity index is 2.21. The Morgan fingerprint density at radius 1 is 1.15 bits per heavy atom. The molecule has 0 radical (unpaired) electrons. The molecule has 0 aliphatic heterocycles. The van der Waals surface area contributed by atoms with Gasteiger partial charge in [0.15, 0.2) is 0 Å². The lowest BCUT2D eigenvalue weighted by molar-refractivity contribution is -0.134. The van der Waals surface area contributed by atoms with Crippen LogP contribution in [0.1, 0.15) is 44.1 Å². The van der Waals surface area contributed by atoms with E-state index in [0.717, 1.165) is 37.5 Å². The molecule has 2 rings (SSSR count). The van der Waals surface area contributed by atoms with Crippen molar-refractivity contribution in [1.82, 2.24) is 4.90 Å².